The third-order valence-electron chi connectivity index (χ3n) is 0.575. The van der Waals surface area contributed by atoms with Gasteiger partial charge >= 0.3 is 17.1 Å². The van der Waals surface area contributed by atoms with Crippen molar-refractivity contribution in [3.05, 3.63) is 0 Å². The molecule has 0 unspecified atom stereocenters. The minimum absolute atomic E-state index is 0. The summed E-state index contributed by atoms with van der Waals surface area (Å²) in [4.78, 5) is 37.4. The molecule has 0 saturated carbocycles. The Morgan fingerprint density at radius 1 is 0.769 bits per heavy atom. The van der Waals surface area contributed by atoms with Gasteiger partial charge in [-0.25, -0.2) is 0 Å². The molecule has 0 N–H and O–H groups in total. The van der Waals surface area contributed by atoms with Crippen LogP contribution in [0.3, 0.4) is 0 Å². The molecule has 0 aromatic heterocycles. The van der Waals surface area contributed by atoms with E-state index in [2.05, 4.69) is 0 Å². The molecule has 0 aliphatic carbocycles. The van der Waals surface area contributed by atoms with Crippen molar-refractivity contribution < 1.29 is 46.5 Å². The molecule has 0 aromatic carbocycles. The molecule has 0 heterocycles. The Kier molecular flexibility index (Phi) is 12.2. The second-order valence-electron chi connectivity index (χ2n) is 1.69. The predicted octanol–water partition coefficient (Wildman–Crippen LogP) is -3.35. The fourth-order valence-corrected chi connectivity index (χ4v) is 0. The number of hydrogen-bond acceptors (Lipinski definition) is 6. The average molecular weight is 230 g/mol. The summed E-state index contributed by atoms with van der Waals surface area (Å²) in [6.45, 7) is 1.88. The van der Waals surface area contributed by atoms with Gasteiger partial charge in [0, 0.05) is 13.8 Å². The number of aliphatic carboxylic acids is 2. The van der Waals surface area contributed by atoms with Gasteiger partial charge in [0.2, 0.25) is 0 Å². The quantitative estimate of drug-likeness (QED) is 0.361. The van der Waals surface area contributed by atoms with Crippen molar-refractivity contribution in [2.45, 2.75) is 13.8 Å². The Balaban J connectivity index is -0.000000143. The van der Waals surface area contributed by atoms with Crippen LogP contribution >= 0.6 is 0 Å². The molecule has 7 heteroatoms. The Bertz CT molecular complexity index is 173. The second-order valence-corrected chi connectivity index (χ2v) is 1.69. The van der Waals surface area contributed by atoms with Crippen molar-refractivity contribution in [3.8, 4) is 0 Å². The first-order valence-electron chi connectivity index (χ1n) is 2.72. The zero-order valence-corrected chi connectivity index (χ0v) is 7.91. The molecule has 0 spiro atoms. The van der Waals surface area contributed by atoms with Crippen LogP contribution in [0.15, 0.2) is 0 Å². The van der Waals surface area contributed by atoms with Crippen LogP contribution in [0.1, 0.15) is 13.8 Å². The first-order valence-corrected chi connectivity index (χ1v) is 2.72. The van der Waals surface area contributed by atoms with E-state index in [9.17, 15) is 29.4 Å². The van der Waals surface area contributed by atoms with E-state index in [0.717, 1.165) is 13.8 Å². The predicted molar refractivity (Wildman–Crippen MR) is 31.4 cm³/mol. The Hall–Kier alpha value is -1.20. The Morgan fingerprint density at radius 2 is 0.846 bits per heavy atom. The molecule has 0 aliphatic heterocycles. The zero-order chi connectivity index (χ0) is 10.3. The van der Waals surface area contributed by atoms with Crippen LogP contribution in [0.4, 0.5) is 0 Å². The van der Waals surface area contributed by atoms with Gasteiger partial charge in [-0.15, -0.1) is 0 Å². The van der Waals surface area contributed by atoms with Crippen molar-refractivity contribution in [1.29, 1.82) is 0 Å². The Morgan fingerprint density at radius 3 is 0.846 bits per heavy atom. The molecule has 0 aliphatic rings. The van der Waals surface area contributed by atoms with Gasteiger partial charge in [0.05, 0.1) is 0 Å². The Labute approximate surface area is 84.4 Å². The van der Waals surface area contributed by atoms with E-state index in [4.69, 9.17) is 0 Å². The first kappa shape index (κ1) is 17.8. The fourth-order valence-electron chi connectivity index (χ4n) is 0. The number of carbonyl (C=O) groups excluding carboxylic acids is 4. The van der Waals surface area contributed by atoms with Crippen LogP contribution in [-0.2, 0) is 36.2 Å². The largest absolute Gasteiger partial charge is 2.00 e. The minimum atomic E-state index is -1.63. The van der Waals surface area contributed by atoms with Gasteiger partial charge in [-0.3, -0.25) is 9.59 Å². The maximum absolute atomic E-state index is 9.48. The molecule has 0 radical (unpaired) electrons. The third kappa shape index (κ3) is 18.1. The number of Topliss-reactive ketones (excluding diaryl/α,β-unsaturated/α-hetero) is 2. The topological polar surface area (TPSA) is 114 Å². The van der Waals surface area contributed by atoms with Gasteiger partial charge in [0.25, 0.3) is 0 Å². The normalized spacial score (nSPS) is 6.92. The third-order valence-corrected chi connectivity index (χ3v) is 0.575. The molecular weight excluding hydrogens is 224 g/mol. The van der Waals surface area contributed by atoms with Crippen molar-refractivity contribution in [1.82, 2.24) is 0 Å². The van der Waals surface area contributed by atoms with Crippen LogP contribution in [0.5, 0.6) is 0 Å². The molecular formula is C6H6FeO6. The average Bonchev–Trinajstić information content (AvgIpc) is 1.88. The number of carboxylic acid groups (broad SMARTS) is 2. The molecule has 0 fully saturated rings. The summed E-state index contributed by atoms with van der Waals surface area (Å²) in [5, 5.41) is 18.5. The van der Waals surface area contributed by atoms with E-state index in [1.165, 1.54) is 0 Å². The maximum atomic E-state index is 9.48. The van der Waals surface area contributed by atoms with E-state index in [0.29, 0.717) is 0 Å². The smallest absolute Gasteiger partial charge is 0.542 e. The van der Waals surface area contributed by atoms with Crippen molar-refractivity contribution in [2.75, 3.05) is 0 Å². The number of carboxylic acids is 2. The fraction of sp³-hybridized carbons (Fsp3) is 0.333. The molecule has 0 amide bonds. The van der Waals surface area contributed by atoms with Crippen LogP contribution in [-0.4, -0.2) is 23.5 Å². The molecule has 6 nitrogen and oxygen atoms in total. The molecule has 0 bridgehead atoms. The maximum Gasteiger partial charge on any atom is 2.00 e. The number of hydrogen-bond donors (Lipinski definition) is 0. The van der Waals surface area contributed by atoms with Gasteiger partial charge in [0.1, 0.15) is 11.9 Å². The van der Waals surface area contributed by atoms with Gasteiger partial charge in [0.15, 0.2) is 11.6 Å². The summed E-state index contributed by atoms with van der Waals surface area (Å²) >= 11 is 0. The van der Waals surface area contributed by atoms with Crippen molar-refractivity contribution >= 4 is 23.5 Å². The molecule has 0 atom stereocenters. The van der Waals surface area contributed by atoms with Gasteiger partial charge in [-0.2, -0.15) is 0 Å². The van der Waals surface area contributed by atoms with Crippen LogP contribution in [0.25, 0.3) is 0 Å². The molecule has 74 valence electrons. The summed E-state index contributed by atoms with van der Waals surface area (Å²) in [5.41, 5.74) is 0. The van der Waals surface area contributed by atoms with Gasteiger partial charge in [-0.05, 0) is 0 Å². The van der Waals surface area contributed by atoms with Gasteiger partial charge in [-0.1, -0.05) is 0 Å². The summed E-state index contributed by atoms with van der Waals surface area (Å²) in [7, 11) is 0. The molecule has 0 saturated heterocycles. The second kappa shape index (κ2) is 8.89. The molecule has 0 rings (SSSR count). The van der Waals surface area contributed by atoms with E-state index in [1.54, 1.807) is 0 Å². The monoisotopic (exact) mass is 230 g/mol. The summed E-state index contributed by atoms with van der Waals surface area (Å²) in [6.07, 6.45) is 0. The van der Waals surface area contributed by atoms with E-state index >= 15 is 0 Å². The van der Waals surface area contributed by atoms with E-state index in [-0.39, 0.29) is 17.1 Å². The number of carbonyl (C=O) groups is 4. The number of rotatable bonds is 2. The van der Waals surface area contributed by atoms with Crippen LogP contribution in [0, 0.1) is 0 Å². The number of ketones is 2. The minimum Gasteiger partial charge on any atom is -0.542 e. The van der Waals surface area contributed by atoms with Crippen LogP contribution < -0.4 is 10.2 Å². The van der Waals surface area contributed by atoms with Gasteiger partial charge < -0.3 is 19.8 Å². The van der Waals surface area contributed by atoms with Crippen molar-refractivity contribution in [2.24, 2.45) is 0 Å². The first-order chi connectivity index (χ1) is 5.29. The summed E-state index contributed by atoms with van der Waals surface area (Å²) < 4.78 is 0. The molecule has 13 heavy (non-hydrogen) atoms. The standard InChI is InChI=1S/2C3H4O3.Fe/c2*1-2(4)3(5)6;/h2*1H3,(H,5,6);/q;;+2/p-2. The van der Waals surface area contributed by atoms with E-state index in [1.807, 2.05) is 0 Å². The van der Waals surface area contributed by atoms with Crippen LogP contribution in [0.2, 0.25) is 0 Å². The summed E-state index contributed by atoms with van der Waals surface area (Å²) in [5.74, 6) is -5.13. The summed E-state index contributed by atoms with van der Waals surface area (Å²) in [6, 6.07) is 0. The SMILES string of the molecule is CC(=O)C(=O)[O-].CC(=O)C(=O)[O-].[Fe+2]. The molecule has 0 aromatic rings. The zero-order valence-electron chi connectivity index (χ0n) is 6.80. The van der Waals surface area contributed by atoms with Crippen molar-refractivity contribution in [3.63, 3.8) is 0 Å². The van der Waals surface area contributed by atoms with E-state index < -0.39 is 23.5 Å².